The van der Waals surface area contributed by atoms with Crippen LogP contribution >= 0.6 is 0 Å². The van der Waals surface area contributed by atoms with Crippen LogP contribution in [0.5, 0.6) is 0 Å². The number of unbranched alkanes of at least 4 members (excludes halogenated alkanes) is 1. The molecule has 0 spiro atoms. The van der Waals surface area contributed by atoms with Crippen LogP contribution in [0, 0.1) is 0 Å². The number of hydrogen-bond acceptors (Lipinski definition) is 0. The van der Waals surface area contributed by atoms with Crippen LogP contribution < -0.4 is 0 Å². The Hall–Kier alpha value is -1.96. The van der Waals surface area contributed by atoms with E-state index in [0.717, 1.165) is 6.42 Å². The number of aromatic amines is 2. The first-order chi connectivity index (χ1) is 11.8. The topological polar surface area (TPSA) is 31.6 Å². The number of H-pyrrole nitrogens is 2. The molecule has 138 valence electrons. The van der Waals surface area contributed by atoms with Crippen LogP contribution in [0.25, 0.3) is 0 Å². The molecule has 24 heavy (non-hydrogen) atoms. The van der Waals surface area contributed by atoms with E-state index >= 15 is 0 Å². The van der Waals surface area contributed by atoms with Gasteiger partial charge < -0.3 is 10.2 Å². The summed E-state index contributed by atoms with van der Waals surface area (Å²) in [6.07, 6.45) is 7.46. The largest absolute Gasteiger partial charge is 0.309 e. The molecule has 0 saturated carbocycles. The lowest BCUT2D eigenvalue weighted by Crippen LogP contribution is -1.77. The second-order valence-corrected chi connectivity index (χ2v) is 4.23. The maximum atomic E-state index is 2.89. The van der Waals surface area contributed by atoms with Crippen molar-refractivity contribution in [3.05, 3.63) is 72.6 Å². The van der Waals surface area contributed by atoms with Gasteiger partial charge in [-0.2, -0.15) is 0 Å². The summed E-state index contributed by atoms with van der Waals surface area (Å²) in [5, 5.41) is 5.76. The average molecular weight is 333 g/mol. The van der Waals surface area contributed by atoms with Gasteiger partial charge in [0.05, 0.1) is 0 Å². The van der Waals surface area contributed by atoms with Crippen molar-refractivity contribution < 1.29 is 0 Å². The highest BCUT2D eigenvalue weighted by Crippen LogP contribution is 1.93. The summed E-state index contributed by atoms with van der Waals surface area (Å²) in [5.74, 6) is 0. The van der Waals surface area contributed by atoms with Crippen LogP contribution in [-0.2, 0) is 6.42 Å². The van der Waals surface area contributed by atoms with Gasteiger partial charge in [-0.15, -0.1) is 0 Å². The first-order valence-electron chi connectivity index (χ1n) is 9.38. The van der Waals surface area contributed by atoms with Crippen LogP contribution in [-0.4, -0.2) is 10.2 Å². The van der Waals surface area contributed by atoms with Gasteiger partial charge in [0.2, 0.25) is 0 Å². The molecule has 0 fully saturated rings. The standard InChI is InChI=1S/C8H12N2.C6H6.C4H10.2C2H6/c1-2-8-4-3-6-9-10-7-5-8;1-2-4-6-5-3-1;1-3-4-2;2*1-2/h3-7,9-10H,2H2,1H3;1-6H;3-4H2,1-2H3;2*1-2H3. The summed E-state index contributed by atoms with van der Waals surface area (Å²) in [7, 11) is 0. The van der Waals surface area contributed by atoms with E-state index in [4.69, 9.17) is 0 Å². The lowest BCUT2D eigenvalue weighted by atomic mass is 10.2. The van der Waals surface area contributed by atoms with E-state index < -0.39 is 0 Å². The molecule has 0 radical (unpaired) electrons. The van der Waals surface area contributed by atoms with Crippen LogP contribution in [0.15, 0.2) is 67.0 Å². The van der Waals surface area contributed by atoms with Gasteiger partial charge in [0.15, 0.2) is 0 Å². The molecule has 0 aliphatic heterocycles. The predicted octanol–water partition coefficient (Wildman–Crippen LogP) is 7.58. The fourth-order valence-electron chi connectivity index (χ4n) is 1.14. The number of aryl methyl sites for hydroxylation is 1. The molecular formula is C22H40N2. The molecule has 0 saturated heterocycles. The molecule has 2 heteroatoms. The van der Waals surface area contributed by atoms with Crippen molar-refractivity contribution in [1.82, 2.24) is 10.2 Å². The predicted molar refractivity (Wildman–Crippen MR) is 112 cm³/mol. The first kappa shape index (κ1) is 26.9. The normalized spacial score (nSPS) is 7.46. The molecule has 0 aliphatic rings. The first-order valence-corrected chi connectivity index (χ1v) is 9.38. The Morgan fingerprint density at radius 1 is 0.583 bits per heavy atom. The molecule has 2 N–H and O–H groups in total. The fourth-order valence-corrected chi connectivity index (χ4v) is 1.14. The van der Waals surface area contributed by atoms with E-state index in [1.807, 2.05) is 82.6 Å². The summed E-state index contributed by atoms with van der Waals surface area (Å²) in [6.45, 7) is 14.5. The van der Waals surface area contributed by atoms with Crippen molar-refractivity contribution in [1.29, 1.82) is 0 Å². The minimum absolute atomic E-state index is 1.07. The number of rotatable bonds is 2. The Bertz CT molecular complexity index is 380. The lowest BCUT2D eigenvalue weighted by Gasteiger charge is -1.89. The molecule has 1 heterocycles. The zero-order valence-corrected chi connectivity index (χ0v) is 17.0. The third kappa shape index (κ3) is 25.0. The smallest absolute Gasteiger partial charge is 0.0180 e. The van der Waals surface area contributed by atoms with Gasteiger partial charge in [-0.05, 0) is 24.1 Å². The average Bonchev–Trinajstić information content (AvgIpc) is 2.67. The molecule has 2 aromatic rings. The minimum Gasteiger partial charge on any atom is -0.309 e. The van der Waals surface area contributed by atoms with Gasteiger partial charge in [0, 0.05) is 12.4 Å². The number of aromatic nitrogens is 2. The summed E-state index contributed by atoms with van der Waals surface area (Å²) >= 11 is 0. The molecule has 0 amide bonds. The third-order valence-electron chi connectivity index (χ3n) is 2.53. The Kier molecular flexibility index (Phi) is 32.6. The molecule has 2 nitrogen and oxygen atoms in total. The minimum atomic E-state index is 1.07. The molecule has 0 atom stereocenters. The van der Waals surface area contributed by atoms with Crippen molar-refractivity contribution in [3.8, 4) is 0 Å². The van der Waals surface area contributed by atoms with Crippen molar-refractivity contribution in [3.63, 3.8) is 0 Å². The number of benzene rings is 1. The van der Waals surface area contributed by atoms with E-state index in [9.17, 15) is 0 Å². The van der Waals surface area contributed by atoms with E-state index in [-0.39, 0.29) is 0 Å². The van der Waals surface area contributed by atoms with Crippen molar-refractivity contribution >= 4 is 0 Å². The summed E-state index contributed by atoms with van der Waals surface area (Å²) < 4.78 is 0. The second kappa shape index (κ2) is 29.1. The number of hydrogen-bond donors (Lipinski definition) is 2. The van der Waals surface area contributed by atoms with Gasteiger partial charge in [-0.25, -0.2) is 0 Å². The summed E-state index contributed by atoms with van der Waals surface area (Å²) in [6, 6.07) is 18.1. The molecule has 1 aromatic heterocycles. The Morgan fingerprint density at radius 2 is 1.00 bits per heavy atom. The Balaban J connectivity index is -0.000000271. The lowest BCUT2D eigenvalue weighted by molar-refractivity contribution is 0.886. The quantitative estimate of drug-likeness (QED) is 0.568. The summed E-state index contributed by atoms with van der Waals surface area (Å²) in [5.41, 5.74) is 1.32. The second-order valence-electron chi connectivity index (χ2n) is 4.23. The summed E-state index contributed by atoms with van der Waals surface area (Å²) in [4.78, 5) is 0. The van der Waals surface area contributed by atoms with E-state index in [2.05, 4.69) is 43.1 Å². The van der Waals surface area contributed by atoms with E-state index in [0.29, 0.717) is 0 Å². The molecule has 0 bridgehead atoms. The van der Waals surface area contributed by atoms with Crippen molar-refractivity contribution in [2.75, 3.05) is 0 Å². The zero-order valence-electron chi connectivity index (χ0n) is 17.0. The van der Waals surface area contributed by atoms with Crippen molar-refractivity contribution in [2.45, 2.75) is 67.7 Å². The third-order valence-corrected chi connectivity index (χ3v) is 2.53. The van der Waals surface area contributed by atoms with Gasteiger partial charge >= 0.3 is 0 Å². The van der Waals surface area contributed by atoms with Crippen LogP contribution in [0.3, 0.4) is 0 Å². The van der Waals surface area contributed by atoms with Gasteiger partial charge in [-0.1, -0.05) is 104 Å². The highest BCUT2D eigenvalue weighted by atomic mass is 15.1. The van der Waals surface area contributed by atoms with Gasteiger partial charge in [0.1, 0.15) is 0 Å². The van der Waals surface area contributed by atoms with Crippen molar-refractivity contribution in [2.24, 2.45) is 0 Å². The maximum Gasteiger partial charge on any atom is 0.0180 e. The highest BCUT2D eigenvalue weighted by molar-refractivity contribution is 5.07. The highest BCUT2D eigenvalue weighted by Gasteiger charge is 1.78. The molecule has 0 aliphatic carbocycles. The molecular weight excluding hydrogens is 292 g/mol. The molecule has 2 rings (SSSR count). The van der Waals surface area contributed by atoms with Crippen LogP contribution in [0.4, 0.5) is 0 Å². The Morgan fingerprint density at radius 3 is 1.38 bits per heavy atom. The maximum absolute atomic E-state index is 2.89. The molecule has 0 unspecified atom stereocenters. The number of nitrogens with one attached hydrogen (secondary N) is 2. The van der Waals surface area contributed by atoms with E-state index in [1.54, 1.807) is 0 Å². The van der Waals surface area contributed by atoms with E-state index in [1.165, 1.54) is 18.4 Å². The molecule has 1 aromatic carbocycles. The van der Waals surface area contributed by atoms with Crippen LogP contribution in [0.2, 0.25) is 0 Å². The Labute approximate surface area is 151 Å². The van der Waals surface area contributed by atoms with Gasteiger partial charge in [-0.3, -0.25) is 0 Å². The SMILES string of the molecule is CC.CC.CCCC.CCc1ccc[nH][nH]cc1.c1ccccc1. The van der Waals surface area contributed by atoms with Crippen LogP contribution in [0.1, 0.15) is 66.9 Å². The van der Waals surface area contributed by atoms with Gasteiger partial charge in [0.25, 0.3) is 0 Å². The zero-order chi connectivity index (χ0) is 18.9. The fraction of sp³-hybridized carbons (Fsp3) is 0.455. The monoisotopic (exact) mass is 332 g/mol.